The van der Waals surface area contributed by atoms with Crippen LogP contribution in [-0.2, 0) is 16.0 Å². The number of rotatable bonds is 10. The Bertz CT molecular complexity index is 525. The summed E-state index contributed by atoms with van der Waals surface area (Å²) >= 11 is 0. The first-order valence-electron chi connectivity index (χ1n) is 9.03. The number of pyridine rings is 1. The third-order valence-corrected chi connectivity index (χ3v) is 3.82. The van der Waals surface area contributed by atoms with Crippen molar-refractivity contribution in [1.29, 1.82) is 0 Å². The molecule has 7 nitrogen and oxygen atoms in total. The number of halogens is 1. The maximum atomic E-state index is 5.66. The molecule has 0 radical (unpaired) electrons. The Morgan fingerprint density at radius 2 is 2.27 bits per heavy atom. The fourth-order valence-corrected chi connectivity index (χ4v) is 2.53. The van der Waals surface area contributed by atoms with Crippen LogP contribution in [0, 0.1) is 0 Å². The highest BCUT2D eigenvalue weighted by Crippen LogP contribution is 2.11. The van der Waals surface area contributed by atoms with Crippen LogP contribution in [0.1, 0.15) is 31.9 Å². The van der Waals surface area contributed by atoms with E-state index in [1.807, 2.05) is 25.1 Å². The number of hydrogen-bond donors (Lipinski definition) is 2. The molecule has 1 fully saturated rings. The van der Waals surface area contributed by atoms with E-state index in [1.54, 1.807) is 7.11 Å². The van der Waals surface area contributed by atoms with Gasteiger partial charge in [0.25, 0.3) is 0 Å². The predicted octanol–water partition coefficient (Wildman–Crippen LogP) is 2.35. The van der Waals surface area contributed by atoms with Gasteiger partial charge in [-0.05, 0) is 32.3 Å². The molecular formula is C18H31IN4O3. The molecule has 0 saturated carbocycles. The molecular weight excluding hydrogens is 447 g/mol. The fourth-order valence-electron chi connectivity index (χ4n) is 2.53. The zero-order valence-electron chi connectivity index (χ0n) is 15.7. The molecule has 1 aromatic rings. The Kier molecular flexibility index (Phi) is 12.3. The third-order valence-electron chi connectivity index (χ3n) is 3.82. The molecule has 0 spiro atoms. The zero-order chi connectivity index (χ0) is 17.7. The largest absolute Gasteiger partial charge is 0.481 e. The average Bonchev–Trinajstić information content (AvgIpc) is 3.16. The quantitative estimate of drug-likeness (QED) is 0.233. The Balaban J connectivity index is 0.00000338. The van der Waals surface area contributed by atoms with Gasteiger partial charge in [0.1, 0.15) is 0 Å². The first-order valence-corrected chi connectivity index (χ1v) is 9.03. The summed E-state index contributed by atoms with van der Waals surface area (Å²) in [6, 6.07) is 5.68. The van der Waals surface area contributed by atoms with Gasteiger partial charge in [-0.1, -0.05) is 6.07 Å². The lowest BCUT2D eigenvalue weighted by Gasteiger charge is -2.12. The van der Waals surface area contributed by atoms with E-state index in [0.29, 0.717) is 25.1 Å². The number of guanidine groups is 1. The first kappa shape index (κ1) is 22.9. The molecule has 0 bridgehead atoms. The van der Waals surface area contributed by atoms with Gasteiger partial charge in [-0.3, -0.25) is 0 Å². The minimum atomic E-state index is 0. The molecule has 2 N–H and O–H groups in total. The first-order chi connectivity index (χ1) is 12.3. The Hall–Kier alpha value is -1.13. The van der Waals surface area contributed by atoms with Gasteiger partial charge in [-0.2, -0.15) is 0 Å². The summed E-state index contributed by atoms with van der Waals surface area (Å²) in [5, 5.41) is 6.55. The van der Waals surface area contributed by atoms with Gasteiger partial charge in [0.2, 0.25) is 5.88 Å². The predicted molar refractivity (Wildman–Crippen MR) is 113 cm³/mol. The average molecular weight is 478 g/mol. The molecule has 1 atom stereocenters. The minimum Gasteiger partial charge on any atom is -0.481 e. The smallest absolute Gasteiger partial charge is 0.213 e. The number of hydrogen-bond acceptors (Lipinski definition) is 5. The summed E-state index contributed by atoms with van der Waals surface area (Å²) in [5.41, 5.74) is 0.872. The van der Waals surface area contributed by atoms with Gasteiger partial charge in [-0.25, -0.2) is 9.98 Å². The molecule has 1 unspecified atom stereocenters. The highest BCUT2D eigenvalue weighted by atomic mass is 127. The standard InChI is InChI=1S/C18H30N4O3.HI/c1-3-19-18(21-13-15-7-4-9-17(22-15)23-2)20-10-6-11-24-14-16-8-5-12-25-16;/h4,7,9,16H,3,5-6,8,10-14H2,1-2H3,(H2,19,20,21);1H. The van der Waals surface area contributed by atoms with Crippen molar-refractivity contribution >= 4 is 29.9 Å². The molecule has 0 amide bonds. The minimum absolute atomic E-state index is 0. The molecule has 0 aromatic carbocycles. The van der Waals surface area contributed by atoms with Crippen LogP contribution in [0.15, 0.2) is 23.2 Å². The van der Waals surface area contributed by atoms with Crippen LogP contribution in [0.3, 0.4) is 0 Å². The Labute approximate surface area is 173 Å². The van der Waals surface area contributed by atoms with Gasteiger partial charge in [0.15, 0.2) is 5.96 Å². The molecule has 1 saturated heterocycles. The number of aromatic nitrogens is 1. The third kappa shape index (κ3) is 9.00. The van der Waals surface area contributed by atoms with Gasteiger partial charge >= 0.3 is 0 Å². The summed E-state index contributed by atoms with van der Waals surface area (Å²) < 4.78 is 16.3. The number of ether oxygens (including phenoxy) is 3. The monoisotopic (exact) mass is 478 g/mol. The SMILES string of the molecule is CCNC(=NCc1cccc(OC)n1)NCCCOCC1CCCO1.I. The summed E-state index contributed by atoms with van der Waals surface area (Å²) in [6.07, 6.45) is 3.49. The van der Waals surface area contributed by atoms with E-state index in [0.717, 1.165) is 57.2 Å². The summed E-state index contributed by atoms with van der Waals surface area (Å²) in [7, 11) is 1.61. The van der Waals surface area contributed by atoms with Gasteiger partial charge in [0, 0.05) is 32.4 Å². The van der Waals surface area contributed by atoms with Crippen molar-refractivity contribution in [3.8, 4) is 5.88 Å². The second-order valence-electron chi connectivity index (χ2n) is 5.86. The summed E-state index contributed by atoms with van der Waals surface area (Å²) in [4.78, 5) is 8.92. The topological polar surface area (TPSA) is 77.0 Å². The van der Waals surface area contributed by atoms with E-state index >= 15 is 0 Å². The molecule has 26 heavy (non-hydrogen) atoms. The maximum absolute atomic E-state index is 5.66. The van der Waals surface area contributed by atoms with Crippen molar-refractivity contribution in [3.63, 3.8) is 0 Å². The summed E-state index contributed by atoms with van der Waals surface area (Å²) in [5.74, 6) is 1.39. The molecule has 2 heterocycles. The molecule has 1 aliphatic rings. The van der Waals surface area contributed by atoms with E-state index in [1.165, 1.54) is 0 Å². The number of nitrogens with one attached hydrogen (secondary N) is 2. The van der Waals surface area contributed by atoms with Crippen LogP contribution >= 0.6 is 24.0 Å². The lowest BCUT2D eigenvalue weighted by Crippen LogP contribution is -2.38. The molecule has 1 aliphatic heterocycles. The number of nitrogens with zero attached hydrogens (tertiary/aromatic N) is 2. The van der Waals surface area contributed by atoms with Crippen LogP contribution < -0.4 is 15.4 Å². The lowest BCUT2D eigenvalue weighted by molar-refractivity contribution is 0.0168. The number of methoxy groups -OCH3 is 1. The van der Waals surface area contributed by atoms with E-state index in [9.17, 15) is 0 Å². The molecule has 1 aromatic heterocycles. The van der Waals surface area contributed by atoms with Crippen molar-refractivity contribution < 1.29 is 14.2 Å². The van der Waals surface area contributed by atoms with Crippen LogP contribution in [0.4, 0.5) is 0 Å². The van der Waals surface area contributed by atoms with Crippen LogP contribution in [0.2, 0.25) is 0 Å². The zero-order valence-corrected chi connectivity index (χ0v) is 18.0. The van der Waals surface area contributed by atoms with Gasteiger partial charge in [-0.15, -0.1) is 24.0 Å². The van der Waals surface area contributed by atoms with Gasteiger partial charge in [0.05, 0.1) is 32.1 Å². The second kappa shape index (κ2) is 14.0. The highest BCUT2D eigenvalue weighted by molar-refractivity contribution is 14.0. The molecule has 2 rings (SSSR count). The lowest BCUT2D eigenvalue weighted by atomic mass is 10.2. The summed E-state index contributed by atoms with van der Waals surface area (Å²) in [6.45, 7) is 6.48. The van der Waals surface area contributed by atoms with Crippen molar-refractivity contribution in [2.24, 2.45) is 4.99 Å². The van der Waals surface area contributed by atoms with E-state index < -0.39 is 0 Å². The maximum Gasteiger partial charge on any atom is 0.213 e. The van der Waals surface area contributed by atoms with Crippen molar-refractivity contribution in [2.75, 3.05) is 40.0 Å². The fraction of sp³-hybridized carbons (Fsp3) is 0.667. The second-order valence-corrected chi connectivity index (χ2v) is 5.86. The van der Waals surface area contributed by atoms with Crippen LogP contribution in [0.5, 0.6) is 5.88 Å². The van der Waals surface area contributed by atoms with Crippen molar-refractivity contribution in [2.45, 2.75) is 38.8 Å². The van der Waals surface area contributed by atoms with Crippen LogP contribution in [-0.4, -0.2) is 57.1 Å². The van der Waals surface area contributed by atoms with E-state index in [2.05, 4.69) is 20.6 Å². The Morgan fingerprint density at radius 3 is 3.00 bits per heavy atom. The highest BCUT2D eigenvalue weighted by Gasteiger charge is 2.14. The van der Waals surface area contributed by atoms with Crippen molar-refractivity contribution in [3.05, 3.63) is 23.9 Å². The van der Waals surface area contributed by atoms with Crippen LogP contribution in [0.25, 0.3) is 0 Å². The van der Waals surface area contributed by atoms with E-state index in [-0.39, 0.29) is 24.0 Å². The Morgan fingerprint density at radius 1 is 1.38 bits per heavy atom. The molecule has 148 valence electrons. The number of aliphatic imine (C=N–C) groups is 1. The van der Waals surface area contributed by atoms with Gasteiger partial charge < -0.3 is 24.8 Å². The van der Waals surface area contributed by atoms with E-state index in [4.69, 9.17) is 14.2 Å². The molecule has 8 heteroatoms. The van der Waals surface area contributed by atoms with Crippen molar-refractivity contribution in [1.82, 2.24) is 15.6 Å². The normalized spacial score (nSPS) is 16.8. The molecule has 0 aliphatic carbocycles.